The number of nitrogen functional groups attached to an aromatic ring is 1. The molecule has 5 rings (SSSR count). The number of benzene rings is 1. The van der Waals surface area contributed by atoms with Crippen LogP contribution in [0.25, 0.3) is 0 Å². The van der Waals surface area contributed by atoms with Gasteiger partial charge in [0.1, 0.15) is 0 Å². The lowest BCUT2D eigenvalue weighted by atomic mass is 9.48. The number of anilines is 2. The fraction of sp³-hybridized carbons (Fsp3) is 0.600. The number of carbonyl (C=O) groups excluding carboxylic acids is 2. The molecule has 3 aliphatic carbocycles. The predicted octanol–water partition coefficient (Wildman–Crippen LogP) is 4.12. The van der Waals surface area contributed by atoms with Gasteiger partial charge in [0.05, 0.1) is 11.4 Å². The van der Waals surface area contributed by atoms with Crippen molar-refractivity contribution in [1.82, 2.24) is 5.32 Å². The summed E-state index contributed by atoms with van der Waals surface area (Å²) in [5.74, 6) is 2.00. The molecule has 5 unspecified atom stereocenters. The van der Waals surface area contributed by atoms with Crippen LogP contribution in [0.15, 0.2) is 36.4 Å². The van der Waals surface area contributed by atoms with Gasteiger partial charge in [-0.2, -0.15) is 0 Å². The van der Waals surface area contributed by atoms with E-state index in [1.165, 1.54) is 0 Å². The zero-order chi connectivity index (χ0) is 21.1. The second-order valence-electron chi connectivity index (χ2n) is 10.5. The highest BCUT2D eigenvalue weighted by molar-refractivity contribution is 5.96. The van der Waals surface area contributed by atoms with Crippen LogP contribution in [0.4, 0.5) is 11.4 Å². The maximum atomic E-state index is 13.3. The Labute approximate surface area is 178 Å². The monoisotopic (exact) mass is 407 g/mol. The van der Waals surface area contributed by atoms with Gasteiger partial charge in [0.25, 0.3) is 0 Å². The zero-order valence-corrected chi connectivity index (χ0v) is 18.0. The number of rotatable bonds is 2. The van der Waals surface area contributed by atoms with Crippen LogP contribution in [0.2, 0.25) is 0 Å². The van der Waals surface area contributed by atoms with E-state index in [9.17, 15) is 9.59 Å². The van der Waals surface area contributed by atoms with E-state index >= 15 is 0 Å². The Bertz CT molecular complexity index is 911. The molecule has 0 bridgehead atoms. The number of para-hydroxylation sites is 2. The topological polar surface area (TPSA) is 84.2 Å². The van der Waals surface area contributed by atoms with Gasteiger partial charge in [-0.15, -0.1) is 0 Å². The molecule has 3 fully saturated rings. The highest BCUT2D eigenvalue weighted by Crippen LogP contribution is 2.65. The summed E-state index contributed by atoms with van der Waals surface area (Å²) in [7, 11) is 0. The Morgan fingerprint density at radius 3 is 2.70 bits per heavy atom. The standard InChI is InChI=1S/C25H33N3O2/c1-24-13-11-17-15(7-10-21-25(17,2)14-12-22(29)28-21)16(24)8-9-18(24)23(30)27-20-6-4-3-5-19(20)26/h3-6,12,14-18,21H,7-11,13,26H2,1-2H3,(H,27,30)(H,28,29)/t15?,16?,17?,18?,21?,24-,25+/m0/s1. The predicted molar refractivity (Wildman–Crippen MR) is 118 cm³/mol. The Kier molecular flexibility index (Phi) is 4.49. The van der Waals surface area contributed by atoms with Gasteiger partial charge in [-0.3, -0.25) is 9.59 Å². The van der Waals surface area contributed by atoms with Crippen LogP contribution >= 0.6 is 0 Å². The summed E-state index contributed by atoms with van der Waals surface area (Å²) in [6.45, 7) is 4.69. The highest BCUT2D eigenvalue weighted by atomic mass is 16.2. The molecular weight excluding hydrogens is 374 g/mol. The van der Waals surface area contributed by atoms with Gasteiger partial charge in [0.2, 0.25) is 11.8 Å². The van der Waals surface area contributed by atoms with Crippen LogP contribution in [0.1, 0.15) is 52.4 Å². The van der Waals surface area contributed by atoms with Crippen molar-refractivity contribution >= 4 is 23.2 Å². The van der Waals surface area contributed by atoms with E-state index in [4.69, 9.17) is 5.73 Å². The van der Waals surface area contributed by atoms with Crippen LogP contribution in [0.3, 0.4) is 0 Å². The fourth-order valence-corrected chi connectivity index (χ4v) is 7.59. The first-order chi connectivity index (χ1) is 14.3. The second-order valence-corrected chi connectivity index (χ2v) is 10.5. The molecular formula is C25H33N3O2. The highest BCUT2D eigenvalue weighted by Gasteiger charge is 2.60. The van der Waals surface area contributed by atoms with Crippen molar-refractivity contribution in [3.05, 3.63) is 36.4 Å². The van der Waals surface area contributed by atoms with Crippen molar-refractivity contribution in [1.29, 1.82) is 0 Å². The number of carbonyl (C=O) groups is 2. The molecule has 0 aromatic heterocycles. The molecule has 4 N–H and O–H groups in total. The summed E-state index contributed by atoms with van der Waals surface area (Å²) in [6, 6.07) is 7.76. The molecule has 5 nitrogen and oxygen atoms in total. The number of amides is 2. The molecule has 3 saturated carbocycles. The van der Waals surface area contributed by atoms with E-state index in [1.54, 1.807) is 6.08 Å². The third-order valence-corrected chi connectivity index (χ3v) is 9.22. The van der Waals surface area contributed by atoms with Gasteiger partial charge >= 0.3 is 0 Å². The number of fused-ring (bicyclic) bond motifs is 5. The molecule has 1 aromatic carbocycles. The van der Waals surface area contributed by atoms with E-state index in [0.717, 1.165) is 44.2 Å². The Morgan fingerprint density at radius 2 is 1.90 bits per heavy atom. The normalized spacial score (nSPS) is 41.9. The van der Waals surface area contributed by atoms with Crippen molar-refractivity contribution in [2.24, 2.45) is 34.5 Å². The van der Waals surface area contributed by atoms with Crippen LogP contribution in [-0.2, 0) is 9.59 Å². The molecule has 7 atom stereocenters. The Balaban J connectivity index is 1.38. The molecule has 2 amide bonds. The quantitative estimate of drug-likeness (QED) is 0.645. The maximum Gasteiger partial charge on any atom is 0.243 e. The Hall–Kier alpha value is -2.30. The van der Waals surface area contributed by atoms with Gasteiger partial charge < -0.3 is 16.4 Å². The largest absolute Gasteiger partial charge is 0.397 e. The van der Waals surface area contributed by atoms with Crippen LogP contribution in [-0.4, -0.2) is 17.9 Å². The van der Waals surface area contributed by atoms with Gasteiger partial charge in [-0.05, 0) is 79.9 Å². The average Bonchev–Trinajstić information content (AvgIpc) is 3.07. The summed E-state index contributed by atoms with van der Waals surface area (Å²) in [6.07, 6.45) is 10.4. The molecule has 0 spiro atoms. The van der Waals surface area contributed by atoms with E-state index in [0.29, 0.717) is 23.4 Å². The van der Waals surface area contributed by atoms with Gasteiger partial charge in [-0.25, -0.2) is 0 Å². The van der Waals surface area contributed by atoms with E-state index < -0.39 is 0 Å². The SMILES string of the molecule is C[C@]12C=CC(=O)NC1CCC1C2CC[C@]2(C)C(C(=O)Nc3ccccc3N)CCC12. The minimum Gasteiger partial charge on any atom is -0.397 e. The first kappa shape index (κ1) is 19.7. The van der Waals surface area contributed by atoms with Crippen molar-refractivity contribution < 1.29 is 9.59 Å². The van der Waals surface area contributed by atoms with Crippen LogP contribution in [0.5, 0.6) is 0 Å². The molecule has 5 heteroatoms. The molecule has 1 aliphatic heterocycles. The molecule has 4 aliphatic rings. The molecule has 1 aromatic rings. The van der Waals surface area contributed by atoms with E-state index in [-0.39, 0.29) is 34.6 Å². The van der Waals surface area contributed by atoms with Crippen molar-refractivity contribution in [2.45, 2.75) is 58.4 Å². The Morgan fingerprint density at radius 1 is 1.10 bits per heavy atom. The zero-order valence-electron chi connectivity index (χ0n) is 18.0. The van der Waals surface area contributed by atoms with Gasteiger partial charge in [0.15, 0.2) is 0 Å². The number of hydrogen-bond acceptors (Lipinski definition) is 3. The molecule has 0 saturated heterocycles. The third-order valence-electron chi connectivity index (χ3n) is 9.22. The van der Waals surface area contributed by atoms with Crippen LogP contribution in [0, 0.1) is 34.5 Å². The third kappa shape index (κ3) is 2.81. The average molecular weight is 408 g/mol. The summed E-state index contributed by atoms with van der Waals surface area (Å²) in [4.78, 5) is 25.2. The van der Waals surface area contributed by atoms with Gasteiger partial charge in [-0.1, -0.05) is 32.1 Å². The first-order valence-electron chi connectivity index (χ1n) is 11.5. The molecule has 30 heavy (non-hydrogen) atoms. The van der Waals surface area contributed by atoms with E-state index in [1.807, 2.05) is 24.3 Å². The van der Waals surface area contributed by atoms with Gasteiger partial charge in [0, 0.05) is 17.4 Å². The number of nitrogens with two attached hydrogens (primary N) is 1. The molecule has 160 valence electrons. The smallest absolute Gasteiger partial charge is 0.243 e. The van der Waals surface area contributed by atoms with Crippen molar-refractivity contribution in [3.63, 3.8) is 0 Å². The van der Waals surface area contributed by atoms with Crippen molar-refractivity contribution in [2.75, 3.05) is 11.1 Å². The minimum absolute atomic E-state index is 0.0372. The lowest BCUT2D eigenvalue weighted by molar-refractivity contribution is -0.129. The summed E-state index contributed by atoms with van der Waals surface area (Å²) in [5.41, 5.74) is 7.47. The summed E-state index contributed by atoms with van der Waals surface area (Å²) >= 11 is 0. The van der Waals surface area contributed by atoms with Crippen LogP contribution < -0.4 is 16.4 Å². The summed E-state index contributed by atoms with van der Waals surface area (Å²) in [5, 5.41) is 6.34. The molecule has 0 radical (unpaired) electrons. The second kappa shape index (κ2) is 6.86. The lowest BCUT2D eigenvalue weighted by Crippen LogP contribution is -2.59. The minimum atomic E-state index is 0.0372. The first-order valence-corrected chi connectivity index (χ1v) is 11.5. The summed E-state index contributed by atoms with van der Waals surface area (Å²) < 4.78 is 0. The molecule has 1 heterocycles. The number of hydrogen-bond donors (Lipinski definition) is 3. The fourth-order valence-electron chi connectivity index (χ4n) is 7.59. The maximum absolute atomic E-state index is 13.3. The van der Waals surface area contributed by atoms with Crippen molar-refractivity contribution in [3.8, 4) is 0 Å². The van der Waals surface area contributed by atoms with E-state index in [2.05, 4.69) is 30.6 Å². The lowest BCUT2D eigenvalue weighted by Gasteiger charge is -2.58. The number of nitrogens with one attached hydrogen (secondary N) is 2.